The van der Waals surface area contributed by atoms with Crippen LogP contribution in [0.2, 0.25) is 0 Å². The Morgan fingerprint density at radius 3 is 2.42 bits per heavy atom. The monoisotopic (exact) mass is 331 g/mol. The van der Waals surface area contributed by atoms with E-state index < -0.39 is 11.2 Å². The van der Waals surface area contributed by atoms with Crippen molar-refractivity contribution in [1.29, 1.82) is 0 Å². The van der Waals surface area contributed by atoms with Crippen LogP contribution in [0.3, 0.4) is 0 Å². The van der Waals surface area contributed by atoms with Gasteiger partial charge in [-0.25, -0.2) is 9.18 Å². The van der Waals surface area contributed by atoms with Gasteiger partial charge in [0.15, 0.2) is 0 Å². The van der Waals surface area contributed by atoms with Gasteiger partial charge in [0.05, 0.1) is 5.56 Å². The van der Waals surface area contributed by atoms with E-state index in [4.69, 9.17) is 0 Å². The number of carbonyl (C=O) groups is 1. The first-order valence-electron chi connectivity index (χ1n) is 7.37. The Bertz CT molecular complexity index is 895. The SMILES string of the molecule is CCN(C(=O)/C=C/c1cn(C)c(=O)n(C)c1=O)c1ccc(F)cc1. The highest BCUT2D eigenvalue weighted by atomic mass is 19.1. The molecule has 0 aliphatic carbocycles. The number of hydrogen-bond acceptors (Lipinski definition) is 3. The largest absolute Gasteiger partial charge is 0.330 e. The molecule has 0 saturated heterocycles. The second-order valence-corrected chi connectivity index (χ2v) is 5.23. The molecule has 1 aromatic heterocycles. The van der Waals surface area contributed by atoms with Crippen molar-refractivity contribution >= 4 is 17.7 Å². The zero-order valence-corrected chi connectivity index (χ0v) is 13.7. The summed E-state index contributed by atoms with van der Waals surface area (Å²) in [5.41, 5.74) is -0.137. The summed E-state index contributed by atoms with van der Waals surface area (Å²) in [4.78, 5) is 37.5. The molecular formula is C17H18FN3O3. The van der Waals surface area contributed by atoms with Crippen molar-refractivity contribution in [3.05, 3.63) is 68.8 Å². The lowest BCUT2D eigenvalue weighted by molar-refractivity contribution is -0.114. The molecule has 126 valence electrons. The number of carbonyl (C=O) groups excluding carboxylic acids is 1. The first kappa shape index (κ1) is 17.4. The van der Waals surface area contributed by atoms with Crippen LogP contribution in [0.4, 0.5) is 10.1 Å². The average Bonchev–Trinajstić information content (AvgIpc) is 2.57. The van der Waals surface area contributed by atoms with E-state index in [-0.39, 0.29) is 17.3 Å². The lowest BCUT2D eigenvalue weighted by Gasteiger charge is -2.19. The predicted molar refractivity (Wildman–Crippen MR) is 90.4 cm³/mol. The van der Waals surface area contributed by atoms with E-state index in [0.29, 0.717) is 12.2 Å². The van der Waals surface area contributed by atoms with Gasteiger partial charge in [0.1, 0.15) is 5.82 Å². The molecule has 0 bridgehead atoms. The molecule has 1 aromatic carbocycles. The topological polar surface area (TPSA) is 64.3 Å². The molecule has 6 nitrogen and oxygen atoms in total. The molecule has 0 spiro atoms. The van der Waals surface area contributed by atoms with Crippen LogP contribution in [0.1, 0.15) is 12.5 Å². The Hall–Kier alpha value is -2.96. The van der Waals surface area contributed by atoms with Gasteiger partial charge in [0, 0.05) is 38.6 Å². The number of hydrogen-bond donors (Lipinski definition) is 0. The van der Waals surface area contributed by atoms with Gasteiger partial charge in [-0.3, -0.25) is 14.2 Å². The van der Waals surface area contributed by atoms with Crippen LogP contribution in [0.25, 0.3) is 6.08 Å². The number of aryl methyl sites for hydroxylation is 1. The maximum atomic E-state index is 13.0. The molecule has 0 unspecified atom stereocenters. The molecule has 0 N–H and O–H groups in total. The second-order valence-electron chi connectivity index (χ2n) is 5.23. The van der Waals surface area contributed by atoms with Crippen molar-refractivity contribution in [3.63, 3.8) is 0 Å². The van der Waals surface area contributed by atoms with E-state index in [1.165, 1.54) is 66.2 Å². The van der Waals surface area contributed by atoms with Crippen LogP contribution >= 0.6 is 0 Å². The molecule has 1 amide bonds. The van der Waals surface area contributed by atoms with E-state index in [9.17, 15) is 18.8 Å². The summed E-state index contributed by atoms with van der Waals surface area (Å²) in [7, 11) is 2.90. The highest BCUT2D eigenvalue weighted by molar-refractivity contribution is 6.03. The van der Waals surface area contributed by atoms with Gasteiger partial charge < -0.3 is 9.47 Å². The molecule has 0 fully saturated rings. The fourth-order valence-electron chi connectivity index (χ4n) is 2.29. The number of anilines is 1. The summed E-state index contributed by atoms with van der Waals surface area (Å²) >= 11 is 0. The minimum Gasteiger partial charge on any atom is -0.309 e. The van der Waals surface area contributed by atoms with Gasteiger partial charge in [-0.05, 0) is 37.3 Å². The minimum atomic E-state index is -0.480. The number of amides is 1. The van der Waals surface area contributed by atoms with Crippen molar-refractivity contribution in [3.8, 4) is 0 Å². The third kappa shape index (κ3) is 3.51. The third-order valence-electron chi connectivity index (χ3n) is 3.60. The molecule has 24 heavy (non-hydrogen) atoms. The van der Waals surface area contributed by atoms with Gasteiger partial charge in [-0.1, -0.05) is 0 Å². The first-order valence-corrected chi connectivity index (χ1v) is 7.37. The van der Waals surface area contributed by atoms with E-state index in [1.807, 2.05) is 0 Å². The van der Waals surface area contributed by atoms with Crippen molar-refractivity contribution in [2.75, 3.05) is 11.4 Å². The number of likely N-dealkylation sites (N-methyl/N-ethyl adjacent to an activating group) is 1. The molecule has 0 saturated carbocycles. The lowest BCUT2D eigenvalue weighted by atomic mass is 10.2. The van der Waals surface area contributed by atoms with Gasteiger partial charge in [-0.15, -0.1) is 0 Å². The number of aromatic nitrogens is 2. The van der Waals surface area contributed by atoms with Gasteiger partial charge in [0.25, 0.3) is 11.5 Å². The number of nitrogens with zero attached hydrogens (tertiary/aromatic N) is 3. The molecule has 0 aliphatic rings. The summed E-state index contributed by atoms with van der Waals surface area (Å²) in [6.45, 7) is 2.18. The van der Waals surface area contributed by atoms with Gasteiger partial charge in [-0.2, -0.15) is 0 Å². The molecule has 1 heterocycles. The molecular weight excluding hydrogens is 313 g/mol. The van der Waals surface area contributed by atoms with Crippen LogP contribution in [0.15, 0.2) is 46.1 Å². The Labute approximate surface area is 138 Å². The predicted octanol–water partition coefficient (Wildman–Crippen LogP) is 1.29. The molecule has 0 aliphatic heterocycles. The maximum Gasteiger partial charge on any atom is 0.330 e. The highest BCUT2D eigenvalue weighted by Gasteiger charge is 2.12. The normalized spacial score (nSPS) is 11.0. The molecule has 2 aromatic rings. The zero-order valence-electron chi connectivity index (χ0n) is 13.7. The number of halogens is 1. The van der Waals surface area contributed by atoms with Crippen LogP contribution in [-0.4, -0.2) is 21.6 Å². The molecule has 7 heteroatoms. The molecule has 2 rings (SSSR count). The molecule has 0 atom stereocenters. The van der Waals surface area contributed by atoms with Crippen molar-refractivity contribution in [2.24, 2.45) is 14.1 Å². The quantitative estimate of drug-likeness (QED) is 0.793. The Kier molecular flexibility index (Phi) is 5.13. The third-order valence-corrected chi connectivity index (χ3v) is 3.60. The van der Waals surface area contributed by atoms with Gasteiger partial charge >= 0.3 is 5.69 Å². The van der Waals surface area contributed by atoms with Crippen molar-refractivity contribution < 1.29 is 9.18 Å². The molecule has 0 radical (unpaired) electrons. The average molecular weight is 331 g/mol. The second kappa shape index (κ2) is 7.08. The fourth-order valence-corrected chi connectivity index (χ4v) is 2.29. The smallest absolute Gasteiger partial charge is 0.309 e. The Morgan fingerprint density at radius 1 is 1.21 bits per heavy atom. The van der Waals surface area contributed by atoms with Crippen molar-refractivity contribution in [2.45, 2.75) is 6.92 Å². The summed E-state index contributed by atoms with van der Waals surface area (Å²) < 4.78 is 15.2. The van der Waals surface area contributed by atoms with E-state index in [1.54, 1.807) is 6.92 Å². The van der Waals surface area contributed by atoms with E-state index in [2.05, 4.69) is 0 Å². The zero-order chi connectivity index (χ0) is 17.9. The van der Waals surface area contributed by atoms with E-state index in [0.717, 1.165) is 4.57 Å². The summed E-state index contributed by atoms with van der Waals surface area (Å²) in [5, 5.41) is 0. The first-order chi connectivity index (χ1) is 11.3. The Balaban J connectivity index is 2.31. The van der Waals surface area contributed by atoms with Crippen LogP contribution in [0, 0.1) is 5.82 Å². The summed E-state index contributed by atoms with van der Waals surface area (Å²) in [6.07, 6.45) is 4.01. The lowest BCUT2D eigenvalue weighted by Crippen LogP contribution is -2.37. The van der Waals surface area contributed by atoms with Gasteiger partial charge in [0.2, 0.25) is 0 Å². The standard InChI is InChI=1S/C17H18FN3O3/c1-4-21(14-8-6-13(18)7-9-14)15(22)10-5-12-11-19(2)17(24)20(3)16(12)23/h5-11H,4H2,1-3H3/b10-5+. The fraction of sp³-hybridized carbons (Fsp3) is 0.235. The van der Waals surface area contributed by atoms with Crippen molar-refractivity contribution in [1.82, 2.24) is 9.13 Å². The summed E-state index contributed by atoms with van der Waals surface area (Å²) in [6, 6.07) is 5.57. The Morgan fingerprint density at radius 2 is 1.83 bits per heavy atom. The maximum absolute atomic E-state index is 13.0. The number of benzene rings is 1. The van der Waals surface area contributed by atoms with Crippen LogP contribution in [-0.2, 0) is 18.9 Å². The van der Waals surface area contributed by atoms with Crippen LogP contribution < -0.4 is 16.1 Å². The minimum absolute atomic E-state index is 0.225. The highest BCUT2D eigenvalue weighted by Crippen LogP contribution is 2.15. The summed E-state index contributed by atoms with van der Waals surface area (Å²) in [5.74, 6) is -0.730. The van der Waals surface area contributed by atoms with Crippen LogP contribution in [0.5, 0.6) is 0 Å². The van der Waals surface area contributed by atoms with E-state index >= 15 is 0 Å². The number of rotatable bonds is 4.